The van der Waals surface area contributed by atoms with Crippen molar-refractivity contribution in [2.45, 2.75) is 13.5 Å². The van der Waals surface area contributed by atoms with E-state index >= 15 is 0 Å². The Bertz CT molecular complexity index is 668. The Labute approximate surface area is 122 Å². The van der Waals surface area contributed by atoms with Crippen molar-refractivity contribution in [3.63, 3.8) is 0 Å². The van der Waals surface area contributed by atoms with Crippen LogP contribution in [0.25, 0.3) is 11.6 Å². The number of pyridine rings is 1. The molecule has 0 amide bonds. The number of piperazine rings is 1. The fourth-order valence-electron chi connectivity index (χ4n) is 2.27. The standard InChI is InChI=1S/C14H16N6O/c1-10-6-12(17-8-11(10)7-15)14-19-18-13(21-14)9-20-4-2-16-3-5-20/h6,8,16H,2-5,9H2,1H3. The van der Waals surface area contributed by atoms with Crippen LogP contribution >= 0.6 is 0 Å². The van der Waals surface area contributed by atoms with E-state index in [9.17, 15) is 0 Å². The molecule has 0 aliphatic carbocycles. The average molecular weight is 284 g/mol. The number of hydrogen-bond acceptors (Lipinski definition) is 7. The molecule has 0 aromatic carbocycles. The number of aromatic nitrogens is 3. The predicted molar refractivity (Wildman–Crippen MR) is 75.1 cm³/mol. The van der Waals surface area contributed by atoms with E-state index in [1.165, 1.54) is 6.20 Å². The van der Waals surface area contributed by atoms with E-state index in [0.717, 1.165) is 31.7 Å². The molecule has 7 nitrogen and oxygen atoms in total. The first-order chi connectivity index (χ1) is 10.3. The van der Waals surface area contributed by atoms with Crippen molar-refractivity contribution in [3.05, 3.63) is 29.3 Å². The zero-order chi connectivity index (χ0) is 14.7. The van der Waals surface area contributed by atoms with Crippen molar-refractivity contribution >= 4 is 0 Å². The average Bonchev–Trinajstić information content (AvgIpc) is 2.97. The van der Waals surface area contributed by atoms with Gasteiger partial charge in [0.05, 0.1) is 12.1 Å². The quantitative estimate of drug-likeness (QED) is 0.887. The van der Waals surface area contributed by atoms with Gasteiger partial charge in [-0.15, -0.1) is 10.2 Å². The van der Waals surface area contributed by atoms with Crippen molar-refractivity contribution in [2.24, 2.45) is 0 Å². The van der Waals surface area contributed by atoms with Gasteiger partial charge in [0.25, 0.3) is 5.89 Å². The van der Waals surface area contributed by atoms with Crippen LogP contribution in [0, 0.1) is 18.3 Å². The lowest BCUT2D eigenvalue weighted by molar-refractivity contribution is 0.213. The van der Waals surface area contributed by atoms with E-state index in [2.05, 4.69) is 31.5 Å². The molecule has 1 aliphatic rings. The molecule has 3 heterocycles. The van der Waals surface area contributed by atoms with E-state index in [4.69, 9.17) is 9.68 Å². The molecule has 108 valence electrons. The Morgan fingerprint density at radius 3 is 2.90 bits per heavy atom. The third-order valence-corrected chi connectivity index (χ3v) is 3.49. The van der Waals surface area contributed by atoms with E-state index in [1.54, 1.807) is 6.07 Å². The maximum Gasteiger partial charge on any atom is 0.266 e. The number of nitrogens with one attached hydrogen (secondary N) is 1. The Balaban J connectivity index is 1.75. The Hall–Kier alpha value is -2.30. The summed E-state index contributed by atoms with van der Waals surface area (Å²) >= 11 is 0. The summed E-state index contributed by atoms with van der Waals surface area (Å²) in [6.07, 6.45) is 1.53. The van der Waals surface area contributed by atoms with Crippen LogP contribution in [0.2, 0.25) is 0 Å². The van der Waals surface area contributed by atoms with Crippen LogP contribution in [-0.4, -0.2) is 46.3 Å². The highest BCUT2D eigenvalue weighted by Gasteiger charge is 2.15. The highest BCUT2D eigenvalue weighted by Crippen LogP contribution is 2.18. The van der Waals surface area contributed by atoms with Crippen LogP contribution in [0.1, 0.15) is 17.0 Å². The first-order valence-corrected chi connectivity index (χ1v) is 6.89. The van der Waals surface area contributed by atoms with E-state index in [-0.39, 0.29) is 0 Å². The maximum absolute atomic E-state index is 8.91. The Morgan fingerprint density at radius 1 is 1.38 bits per heavy atom. The van der Waals surface area contributed by atoms with Gasteiger partial charge in [-0.05, 0) is 18.6 Å². The van der Waals surface area contributed by atoms with Gasteiger partial charge in [0.1, 0.15) is 11.8 Å². The van der Waals surface area contributed by atoms with Crippen molar-refractivity contribution in [1.82, 2.24) is 25.4 Å². The SMILES string of the molecule is Cc1cc(-c2nnc(CN3CCNCC3)o2)ncc1C#N. The normalized spacial score (nSPS) is 15.8. The second kappa shape index (κ2) is 5.99. The van der Waals surface area contributed by atoms with E-state index < -0.39 is 0 Å². The fourth-order valence-corrected chi connectivity index (χ4v) is 2.27. The van der Waals surface area contributed by atoms with Crippen LogP contribution in [-0.2, 0) is 6.54 Å². The maximum atomic E-state index is 8.91. The zero-order valence-electron chi connectivity index (χ0n) is 11.8. The first-order valence-electron chi connectivity index (χ1n) is 6.89. The van der Waals surface area contributed by atoms with Gasteiger partial charge in [0.2, 0.25) is 5.89 Å². The molecular weight excluding hydrogens is 268 g/mol. The molecule has 7 heteroatoms. The zero-order valence-corrected chi connectivity index (χ0v) is 11.8. The number of hydrogen-bond donors (Lipinski definition) is 1. The molecule has 1 aliphatic heterocycles. The molecule has 0 unspecified atom stereocenters. The molecule has 1 fully saturated rings. The van der Waals surface area contributed by atoms with Gasteiger partial charge < -0.3 is 9.73 Å². The van der Waals surface area contributed by atoms with Crippen molar-refractivity contribution < 1.29 is 4.42 Å². The van der Waals surface area contributed by atoms with Gasteiger partial charge in [-0.1, -0.05) is 0 Å². The first kappa shape index (κ1) is 13.7. The summed E-state index contributed by atoms with van der Waals surface area (Å²) in [5.74, 6) is 0.989. The van der Waals surface area contributed by atoms with Crippen LogP contribution in [0.5, 0.6) is 0 Å². The monoisotopic (exact) mass is 284 g/mol. The minimum Gasteiger partial charge on any atom is -0.418 e. The number of nitrogens with zero attached hydrogens (tertiary/aromatic N) is 5. The fraction of sp³-hybridized carbons (Fsp3) is 0.429. The third kappa shape index (κ3) is 3.07. The molecule has 21 heavy (non-hydrogen) atoms. The van der Waals surface area contributed by atoms with E-state index in [0.29, 0.717) is 29.6 Å². The lowest BCUT2D eigenvalue weighted by atomic mass is 10.1. The molecule has 2 aromatic rings. The molecule has 1 N–H and O–H groups in total. The molecule has 0 radical (unpaired) electrons. The van der Waals surface area contributed by atoms with Crippen LogP contribution in [0.15, 0.2) is 16.7 Å². The summed E-state index contributed by atoms with van der Waals surface area (Å²) in [6.45, 7) is 6.44. The van der Waals surface area contributed by atoms with Crippen LogP contribution < -0.4 is 5.32 Å². The highest BCUT2D eigenvalue weighted by molar-refractivity contribution is 5.50. The molecule has 1 saturated heterocycles. The van der Waals surface area contributed by atoms with Crippen LogP contribution in [0.4, 0.5) is 0 Å². The largest absolute Gasteiger partial charge is 0.418 e. The third-order valence-electron chi connectivity index (χ3n) is 3.49. The Morgan fingerprint density at radius 2 is 2.19 bits per heavy atom. The molecule has 0 atom stereocenters. The second-order valence-electron chi connectivity index (χ2n) is 5.02. The van der Waals surface area contributed by atoms with Gasteiger partial charge in [-0.25, -0.2) is 4.98 Å². The predicted octanol–water partition coefficient (Wildman–Crippen LogP) is 0.717. The van der Waals surface area contributed by atoms with E-state index in [1.807, 2.05) is 6.92 Å². The number of aryl methyl sites for hydroxylation is 1. The molecule has 0 bridgehead atoms. The van der Waals surface area contributed by atoms with Crippen molar-refractivity contribution in [3.8, 4) is 17.7 Å². The molecule has 0 saturated carbocycles. The summed E-state index contributed by atoms with van der Waals surface area (Å²) < 4.78 is 5.67. The number of nitriles is 1. The molecule has 0 spiro atoms. The lowest BCUT2D eigenvalue weighted by Gasteiger charge is -2.25. The molecule has 3 rings (SSSR count). The van der Waals surface area contributed by atoms with Gasteiger partial charge in [-0.2, -0.15) is 5.26 Å². The summed E-state index contributed by atoms with van der Waals surface area (Å²) in [5, 5.41) is 20.3. The van der Waals surface area contributed by atoms with Gasteiger partial charge in [0, 0.05) is 32.4 Å². The topological polar surface area (TPSA) is 90.9 Å². The summed E-state index contributed by atoms with van der Waals surface area (Å²) in [4.78, 5) is 6.47. The summed E-state index contributed by atoms with van der Waals surface area (Å²) in [5.41, 5.74) is 2.01. The number of rotatable bonds is 3. The van der Waals surface area contributed by atoms with Gasteiger partial charge in [0.15, 0.2) is 0 Å². The summed E-state index contributed by atoms with van der Waals surface area (Å²) in [6, 6.07) is 3.88. The van der Waals surface area contributed by atoms with Gasteiger partial charge in [-0.3, -0.25) is 4.90 Å². The minimum absolute atomic E-state index is 0.396. The highest BCUT2D eigenvalue weighted by atomic mass is 16.4. The summed E-state index contributed by atoms with van der Waals surface area (Å²) in [7, 11) is 0. The lowest BCUT2D eigenvalue weighted by Crippen LogP contribution is -2.42. The molecular formula is C14H16N6O. The smallest absolute Gasteiger partial charge is 0.266 e. The second-order valence-corrected chi connectivity index (χ2v) is 5.02. The molecule has 2 aromatic heterocycles. The van der Waals surface area contributed by atoms with Crippen LogP contribution in [0.3, 0.4) is 0 Å². The van der Waals surface area contributed by atoms with Gasteiger partial charge >= 0.3 is 0 Å². The minimum atomic E-state index is 0.396. The van der Waals surface area contributed by atoms with Crippen molar-refractivity contribution in [1.29, 1.82) is 5.26 Å². The van der Waals surface area contributed by atoms with Crippen molar-refractivity contribution in [2.75, 3.05) is 26.2 Å². The Kier molecular flexibility index (Phi) is 3.90.